The lowest BCUT2D eigenvalue weighted by molar-refractivity contribution is 0.199. The fraction of sp³-hybridized carbons (Fsp3) is 0.571. The highest BCUT2D eigenvalue weighted by molar-refractivity contribution is 5.50. The predicted octanol–water partition coefficient (Wildman–Crippen LogP) is 3.50. The number of nitrogens with zero attached hydrogens (tertiary/aromatic N) is 1. The largest absolute Gasteiger partial charge is 0.389 e. The van der Waals surface area contributed by atoms with Gasteiger partial charge in [-0.05, 0) is 44.9 Å². The zero-order valence-electron chi connectivity index (χ0n) is 11.1. The molecule has 0 saturated carbocycles. The summed E-state index contributed by atoms with van der Waals surface area (Å²) in [5.74, 6) is -0.259. The lowest BCUT2D eigenvalue weighted by atomic mass is 10.1. The monoisotopic (exact) mass is 239 g/mol. The Balaban J connectivity index is 3.04. The molecule has 0 unspecified atom stereocenters. The average molecular weight is 239 g/mol. The number of halogens is 1. The highest BCUT2D eigenvalue weighted by Gasteiger charge is 2.15. The summed E-state index contributed by atoms with van der Waals surface area (Å²) in [4.78, 5) is 2.04. The summed E-state index contributed by atoms with van der Waals surface area (Å²) < 4.78 is 14.0. The summed E-state index contributed by atoms with van der Waals surface area (Å²) in [7, 11) is 0. The molecule has 17 heavy (non-hydrogen) atoms. The van der Waals surface area contributed by atoms with Gasteiger partial charge in [0.05, 0.1) is 11.8 Å². The minimum atomic E-state index is -0.628. The average Bonchev–Trinajstić information content (AvgIpc) is 2.26. The Morgan fingerprint density at radius 1 is 1.29 bits per heavy atom. The van der Waals surface area contributed by atoms with Crippen LogP contribution in [0.1, 0.15) is 45.8 Å². The van der Waals surface area contributed by atoms with Crippen LogP contribution in [0.3, 0.4) is 0 Å². The van der Waals surface area contributed by atoms with Crippen LogP contribution in [-0.4, -0.2) is 17.7 Å². The second kappa shape index (κ2) is 6.01. The molecule has 1 rings (SSSR count). The molecule has 0 heterocycles. The van der Waals surface area contributed by atoms with Gasteiger partial charge in [0.2, 0.25) is 0 Å². The van der Waals surface area contributed by atoms with Gasteiger partial charge in [0.15, 0.2) is 0 Å². The van der Waals surface area contributed by atoms with Crippen LogP contribution in [-0.2, 0) is 0 Å². The Morgan fingerprint density at radius 2 is 1.94 bits per heavy atom. The number of hydrogen-bond donors (Lipinski definition) is 1. The first kappa shape index (κ1) is 14.0. The highest BCUT2D eigenvalue weighted by atomic mass is 19.1. The molecule has 2 nitrogen and oxygen atoms in total. The topological polar surface area (TPSA) is 23.5 Å². The minimum Gasteiger partial charge on any atom is -0.389 e. The molecule has 0 fully saturated rings. The van der Waals surface area contributed by atoms with E-state index in [1.54, 1.807) is 19.1 Å². The quantitative estimate of drug-likeness (QED) is 0.850. The molecule has 1 N–H and O–H groups in total. The van der Waals surface area contributed by atoms with Gasteiger partial charge in [0.25, 0.3) is 0 Å². The van der Waals surface area contributed by atoms with E-state index in [9.17, 15) is 9.50 Å². The SMILES string of the molecule is CCCN(c1ccc([C@@H](C)O)cc1F)C(C)C. The van der Waals surface area contributed by atoms with Gasteiger partial charge in [0, 0.05) is 12.6 Å². The third-order valence-corrected chi connectivity index (χ3v) is 2.85. The van der Waals surface area contributed by atoms with E-state index >= 15 is 0 Å². The molecule has 0 saturated heterocycles. The summed E-state index contributed by atoms with van der Waals surface area (Å²) in [6, 6.07) is 5.23. The van der Waals surface area contributed by atoms with Crippen molar-refractivity contribution in [1.29, 1.82) is 0 Å². The first-order chi connectivity index (χ1) is 7.97. The molecule has 0 aliphatic rings. The molecule has 1 atom stereocenters. The molecular weight excluding hydrogens is 217 g/mol. The van der Waals surface area contributed by atoms with Crippen LogP contribution >= 0.6 is 0 Å². The Morgan fingerprint density at radius 3 is 2.35 bits per heavy atom. The van der Waals surface area contributed by atoms with Gasteiger partial charge < -0.3 is 10.0 Å². The highest BCUT2D eigenvalue weighted by Crippen LogP contribution is 2.25. The van der Waals surface area contributed by atoms with Crippen LogP contribution in [0.25, 0.3) is 0 Å². The number of aliphatic hydroxyl groups is 1. The smallest absolute Gasteiger partial charge is 0.146 e. The summed E-state index contributed by atoms with van der Waals surface area (Å²) >= 11 is 0. The lowest BCUT2D eigenvalue weighted by Gasteiger charge is -2.29. The zero-order chi connectivity index (χ0) is 13.0. The number of aliphatic hydroxyl groups excluding tert-OH is 1. The van der Waals surface area contributed by atoms with Crippen LogP contribution in [0.15, 0.2) is 18.2 Å². The lowest BCUT2D eigenvalue weighted by Crippen LogP contribution is -2.32. The van der Waals surface area contributed by atoms with E-state index in [0.29, 0.717) is 11.3 Å². The summed E-state index contributed by atoms with van der Waals surface area (Å²) in [6.45, 7) is 8.66. The van der Waals surface area contributed by atoms with E-state index < -0.39 is 6.10 Å². The van der Waals surface area contributed by atoms with Crippen molar-refractivity contribution in [2.45, 2.75) is 46.3 Å². The molecule has 0 radical (unpaired) electrons. The molecule has 0 bridgehead atoms. The van der Waals surface area contributed by atoms with E-state index in [1.165, 1.54) is 6.07 Å². The summed E-state index contributed by atoms with van der Waals surface area (Å²) in [5.41, 5.74) is 1.23. The molecule has 0 amide bonds. The molecular formula is C14H22FNO. The van der Waals surface area contributed by atoms with Gasteiger partial charge >= 0.3 is 0 Å². The van der Waals surface area contributed by atoms with Crippen LogP contribution in [0, 0.1) is 5.82 Å². The Kier molecular flexibility index (Phi) is 4.94. The fourth-order valence-corrected chi connectivity index (χ4v) is 1.91. The normalized spacial score (nSPS) is 12.9. The van der Waals surface area contributed by atoms with Crippen molar-refractivity contribution in [3.05, 3.63) is 29.6 Å². The molecule has 0 spiro atoms. The van der Waals surface area contributed by atoms with Crippen molar-refractivity contribution in [3.63, 3.8) is 0 Å². The maximum absolute atomic E-state index is 14.0. The maximum atomic E-state index is 14.0. The van der Waals surface area contributed by atoms with Crippen LogP contribution < -0.4 is 4.90 Å². The Labute approximate surface area is 103 Å². The van der Waals surface area contributed by atoms with Crippen LogP contribution in [0.5, 0.6) is 0 Å². The predicted molar refractivity (Wildman–Crippen MR) is 69.8 cm³/mol. The van der Waals surface area contributed by atoms with Gasteiger partial charge in [-0.3, -0.25) is 0 Å². The van der Waals surface area contributed by atoms with E-state index in [-0.39, 0.29) is 11.9 Å². The first-order valence-corrected chi connectivity index (χ1v) is 6.21. The molecule has 3 heteroatoms. The van der Waals surface area contributed by atoms with E-state index in [2.05, 4.69) is 20.8 Å². The van der Waals surface area contributed by atoms with E-state index in [0.717, 1.165) is 13.0 Å². The standard InChI is InChI=1S/C14H22FNO/c1-5-8-16(10(2)3)14-7-6-12(11(4)17)9-13(14)15/h6-7,9-11,17H,5,8H2,1-4H3/t11-/m1/s1. The van der Waals surface area contributed by atoms with Gasteiger partial charge in [-0.25, -0.2) is 4.39 Å². The summed E-state index contributed by atoms with van der Waals surface area (Å²) in [6.07, 6.45) is 0.354. The molecule has 1 aromatic carbocycles. The molecule has 1 aromatic rings. The second-order valence-electron chi connectivity index (χ2n) is 4.67. The zero-order valence-corrected chi connectivity index (χ0v) is 11.1. The van der Waals surface area contributed by atoms with E-state index in [1.807, 2.05) is 4.90 Å². The van der Waals surface area contributed by atoms with Crippen molar-refractivity contribution in [2.24, 2.45) is 0 Å². The maximum Gasteiger partial charge on any atom is 0.146 e. The molecule has 0 aromatic heterocycles. The van der Waals surface area contributed by atoms with Crippen molar-refractivity contribution >= 4 is 5.69 Å². The minimum absolute atomic E-state index is 0.259. The molecule has 96 valence electrons. The Hall–Kier alpha value is -1.09. The summed E-state index contributed by atoms with van der Waals surface area (Å²) in [5, 5.41) is 9.41. The number of hydrogen-bond acceptors (Lipinski definition) is 2. The number of rotatable bonds is 5. The third kappa shape index (κ3) is 3.43. The van der Waals surface area contributed by atoms with E-state index in [4.69, 9.17) is 0 Å². The van der Waals surface area contributed by atoms with Crippen LogP contribution in [0.4, 0.5) is 10.1 Å². The number of anilines is 1. The van der Waals surface area contributed by atoms with Crippen molar-refractivity contribution in [1.82, 2.24) is 0 Å². The van der Waals surface area contributed by atoms with Crippen molar-refractivity contribution in [3.8, 4) is 0 Å². The second-order valence-corrected chi connectivity index (χ2v) is 4.67. The fourth-order valence-electron chi connectivity index (χ4n) is 1.91. The third-order valence-electron chi connectivity index (χ3n) is 2.85. The van der Waals surface area contributed by atoms with Gasteiger partial charge in [-0.2, -0.15) is 0 Å². The van der Waals surface area contributed by atoms with Crippen molar-refractivity contribution in [2.75, 3.05) is 11.4 Å². The van der Waals surface area contributed by atoms with Gasteiger partial charge in [0.1, 0.15) is 5.82 Å². The van der Waals surface area contributed by atoms with Crippen LogP contribution in [0.2, 0.25) is 0 Å². The van der Waals surface area contributed by atoms with Crippen molar-refractivity contribution < 1.29 is 9.50 Å². The number of benzene rings is 1. The first-order valence-electron chi connectivity index (χ1n) is 6.21. The van der Waals surface area contributed by atoms with Gasteiger partial charge in [-0.15, -0.1) is 0 Å². The Bertz CT molecular complexity index is 363. The molecule has 0 aliphatic heterocycles. The van der Waals surface area contributed by atoms with Gasteiger partial charge in [-0.1, -0.05) is 13.0 Å². The molecule has 0 aliphatic carbocycles.